The van der Waals surface area contributed by atoms with Gasteiger partial charge in [0.25, 0.3) is 0 Å². The van der Waals surface area contributed by atoms with E-state index in [1.165, 1.54) is 0 Å². The highest BCUT2D eigenvalue weighted by atomic mass is 79.9. The van der Waals surface area contributed by atoms with Gasteiger partial charge in [0.1, 0.15) is 23.9 Å². The summed E-state index contributed by atoms with van der Waals surface area (Å²) in [6.07, 6.45) is 3.19. The zero-order chi connectivity index (χ0) is 14.7. The molecule has 6 heteroatoms. The van der Waals surface area contributed by atoms with Crippen LogP contribution in [0, 0.1) is 0 Å². The maximum absolute atomic E-state index is 5.46. The molecule has 0 fully saturated rings. The Morgan fingerprint density at radius 3 is 3.00 bits per heavy atom. The lowest BCUT2D eigenvalue weighted by Crippen LogP contribution is -2.16. The van der Waals surface area contributed by atoms with Crippen LogP contribution >= 0.6 is 15.9 Å². The molecule has 1 unspecified atom stereocenters. The summed E-state index contributed by atoms with van der Waals surface area (Å²) in [6.45, 7) is 0.479. The Labute approximate surface area is 130 Å². The number of ether oxygens (including phenoxy) is 1. The summed E-state index contributed by atoms with van der Waals surface area (Å²) in [5.74, 6) is 1.55. The van der Waals surface area contributed by atoms with Crippen molar-refractivity contribution in [3.63, 3.8) is 0 Å². The highest BCUT2D eigenvalue weighted by molar-refractivity contribution is 9.10. The number of furan rings is 1. The standard InChI is InChI=1S/C15H14BrN3O2/c1-20-8-13(14-3-2-6-21-14)19-15-11-7-10(16)4-5-12(11)17-9-18-15/h2-7,9,13H,8H2,1H3,(H,17,18,19). The highest BCUT2D eigenvalue weighted by Gasteiger charge is 2.16. The van der Waals surface area contributed by atoms with E-state index in [1.807, 2.05) is 30.3 Å². The number of anilines is 1. The fraction of sp³-hybridized carbons (Fsp3) is 0.200. The van der Waals surface area contributed by atoms with Crippen molar-refractivity contribution in [1.82, 2.24) is 9.97 Å². The van der Waals surface area contributed by atoms with Gasteiger partial charge in [-0.25, -0.2) is 9.97 Å². The van der Waals surface area contributed by atoms with Crippen molar-refractivity contribution >= 4 is 32.7 Å². The van der Waals surface area contributed by atoms with Crippen LogP contribution in [0.15, 0.2) is 51.8 Å². The molecule has 0 aliphatic heterocycles. The second kappa shape index (κ2) is 6.24. The Balaban J connectivity index is 1.97. The van der Waals surface area contributed by atoms with E-state index in [0.29, 0.717) is 6.61 Å². The Kier molecular flexibility index (Phi) is 4.17. The van der Waals surface area contributed by atoms with Crippen LogP contribution in [0.4, 0.5) is 5.82 Å². The van der Waals surface area contributed by atoms with E-state index in [0.717, 1.165) is 27.0 Å². The van der Waals surface area contributed by atoms with Gasteiger partial charge in [-0.05, 0) is 30.3 Å². The smallest absolute Gasteiger partial charge is 0.137 e. The van der Waals surface area contributed by atoms with Crippen LogP contribution in [0.2, 0.25) is 0 Å². The minimum absolute atomic E-state index is 0.109. The molecule has 0 amide bonds. The largest absolute Gasteiger partial charge is 0.467 e. The first kappa shape index (κ1) is 14.0. The minimum atomic E-state index is -0.109. The van der Waals surface area contributed by atoms with Crippen LogP contribution in [0.25, 0.3) is 10.9 Å². The van der Waals surface area contributed by atoms with Crippen LogP contribution in [0.3, 0.4) is 0 Å². The normalized spacial score (nSPS) is 12.5. The molecule has 0 spiro atoms. The average molecular weight is 348 g/mol. The van der Waals surface area contributed by atoms with Gasteiger partial charge in [0.15, 0.2) is 0 Å². The van der Waals surface area contributed by atoms with Gasteiger partial charge < -0.3 is 14.5 Å². The fourth-order valence-electron chi connectivity index (χ4n) is 2.16. The third-order valence-electron chi connectivity index (χ3n) is 3.13. The lowest BCUT2D eigenvalue weighted by atomic mass is 10.2. The number of nitrogens with one attached hydrogen (secondary N) is 1. The van der Waals surface area contributed by atoms with E-state index in [4.69, 9.17) is 9.15 Å². The van der Waals surface area contributed by atoms with Crippen molar-refractivity contribution in [2.45, 2.75) is 6.04 Å². The number of fused-ring (bicyclic) bond motifs is 1. The van der Waals surface area contributed by atoms with Gasteiger partial charge in [-0.3, -0.25) is 0 Å². The van der Waals surface area contributed by atoms with Crippen LogP contribution in [0.5, 0.6) is 0 Å². The predicted molar refractivity (Wildman–Crippen MR) is 84.2 cm³/mol. The first-order valence-corrected chi connectivity index (χ1v) is 7.26. The van der Waals surface area contributed by atoms with Gasteiger partial charge in [0, 0.05) is 17.0 Å². The SMILES string of the molecule is COCC(Nc1ncnc2ccc(Br)cc12)c1ccco1. The number of hydrogen-bond donors (Lipinski definition) is 1. The van der Waals surface area contributed by atoms with E-state index < -0.39 is 0 Å². The molecule has 2 aromatic heterocycles. The van der Waals surface area contributed by atoms with Crippen molar-refractivity contribution in [3.8, 4) is 0 Å². The van der Waals surface area contributed by atoms with Crippen molar-refractivity contribution in [2.24, 2.45) is 0 Å². The molecule has 0 aliphatic rings. The molecule has 0 bridgehead atoms. The maximum Gasteiger partial charge on any atom is 0.137 e. The van der Waals surface area contributed by atoms with E-state index in [9.17, 15) is 0 Å². The quantitative estimate of drug-likeness (QED) is 0.760. The molecule has 21 heavy (non-hydrogen) atoms. The number of nitrogens with zero attached hydrogens (tertiary/aromatic N) is 2. The third-order valence-corrected chi connectivity index (χ3v) is 3.62. The van der Waals surface area contributed by atoms with Crippen molar-refractivity contribution in [3.05, 3.63) is 53.2 Å². The molecule has 108 valence electrons. The van der Waals surface area contributed by atoms with E-state index >= 15 is 0 Å². The average Bonchev–Trinajstić information content (AvgIpc) is 3.01. The first-order valence-electron chi connectivity index (χ1n) is 6.47. The van der Waals surface area contributed by atoms with Crippen LogP contribution in [-0.2, 0) is 4.74 Å². The first-order chi connectivity index (χ1) is 10.3. The third kappa shape index (κ3) is 3.06. The molecule has 0 saturated heterocycles. The summed E-state index contributed by atoms with van der Waals surface area (Å²) in [7, 11) is 1.66. The number of hydrogen-bond acceptors (Lipinski definition) is 5. The second-order valence-electron chi connectivity index (χ2n) is 4.55. The zero-order valence-electron chi connectivity index (χ0n) is 11.4. The molecule has 3 rings (SSSR count). The minimum Gasteiger partial charge on any atom is -0.467 e. The molecule has 1 N–H and O–H groups in total. The van der Waals surface area contributed by atoms with Crippen LogP contribution < -0.4 is 5.32 Å². The molecule has 2 heterocycles. The lowest BCUT2D eigenvalue weighted by molar-refractivity contribution is 0.178. The predicted octanol–water partition coefficient (Wildman–Crippen LogP) is 3.78. The molecule has 0 radical (unpaired) electrons. The lowest BCUT2D eigenvalue weighted by Gasteiger charge is -2.17. The van der Waals surface area contributed by atoms with Crippen LogP contribution in [-0.4, -0.2) is 23.7 Å². The molecule has 1 atom stereocenters. The fourth-order valence-corrected chi connectivity index (χ4v) is 2.52. The summed E-state index contributed by atoms with van der Waals surface area (Å²) in [5, 5.41) is 4.31. The number of methoxy groups -OCH3 is 1. The van der Waals surface area contributed by atoms with E-state index in [-0.39, 0.29) is 6.04 Å². The number of rotatable bonds is 5. The zero-order valence-corrected chi connectivity index (χ0v) is 13.0. The maximum atomic E-state index is 5.46. The monoisotopic (exact) mass is 347 g/mol. The van der Waals surface area contributed by atoms with Crippen molar-refractivity contribution < 1.29 is 9.15 Å². The van der Waals surface area contributed by atoms with Gasteiger partial charge in [-0.1, -0.05) is 15.9 Å². The summed E-state index contributed by atoms with van der Waals surface area (Å²) < 4.78 is 11.7. The van der Waals surface area contributed by atoms with Gasteiger partial charge in [0.2, 0.25) is 0 Å². The number of aromatic nitrogens is 2. The van der Waals surface area contributed by atoms with Gasteiger partial charge >= 0.3 is 0 Å². The molecular weight excluding hydrogens is 334 g/mol. The number of benzene rings is 1. The Bertz CT molecular complexity index is 731. The molecule has 0 aliphatic carbocycles. The molecule has 0 saturated carbocycles. The Hall–Kier alpha value is -1.92. The summed E-state index contributed by atoms with van der Waals surface area (Å²) in [6, 6.07) is 9.55. The topological polar surface area (TPSA) is 60.2 Å². The number of halogens is 1. The highest BCUT2D eigenvalue weighted by Crippen LogP contribution is 2.26. The van der Waals surface area contributed by atoms with Crippen molar-refractivity contribution in [1.29, 1.82) is 0 Å². The second-order valence-corrected chi connectivity index (χ2v) is 5.47. The van der Waals surface area contributed by atoms with Crippen LogP contribution in [0.1, 0.15) is 11.8 Å². The summed E-state index contributed by atoms with van der Waals surface area (Å²) in [5.41, 5.74) is 0.881. The van der Waals surface area contributed by atoms with E-state index in [2.05, 4.69) is 31.2 Å². The van der Waals surface area contributed by atoms with Gasteiger partial charge in [0.05, 0.1) is 18.4 Å². The van der Waals surface area contributed by atoms with E-state index in [1.54, 1.807) is 19.7 Å². The summed E-state index contributed by atoms with van der Waals surface area (Å²) >= 11 is 3.48. The molecule has 3 aromatic rings. The molecule has 1 aromatic carbocycles. The van der Waals surface area contributed by atoms with Gasteiger partial charge in [-0.15, -0.1) is 0 Å². The summed E-state index contributed by atoms with van der Waals surface area (Å²) in [4.78, 5) is 8.61. The van der Waals surface area contributed by atoms with Crippen molar-refractivity contribution in [2.75, 3.05) is 19.0 Å². The molecule has 5 nitrogen and oxygen atoms in total. The molecular formula is C15H14BrN3O2. The Morgan fingerprint density at radius 1 is 1.33 bits per heavy atom. The Morgan fingerprint density at radius 2 is 2.24 bits per heavy atom. The van der Waals surface area contributed by atoms with Gasteiger partial charge in [-0.2, -0.15) is 0 Å².